The second-order valence-electron chi connectivity index (χ2n) is 4.56. The molecule has 0 saturated heterocycles. The van der Waals surface area contributed by atoms with Crippen LogP contribution in [0.4, 0.5) is 0 Å². The average Bonchev–Trinajstić information content (AvgIpc) is 2.91. The number of carbonyl (C=O) groups is 1. The van der Waals surface area contributed by atoms with Crippen molar-refractivity contribution in [3.05, 3.63) is 30.3 Å². The molecule has 1 saturated carbocycles. The van der Waals surface area contributed by atoms with E-state index in [1.165, 1.54) is 11.8 Å². The van der Waals surface area contributed by atoms with Crippen LogP contribution in [0.1, 0.15) is 25.7 Å². The van der Waals surface area contributed by atoms with E-state index in [1.807, 2.05) is 30.3 Å². The van der Waals surface area contributed by atoms with Crippen molar-refractivity contribution in [2.24, 2.45) is 0 Å². The van der Waals surface area contributed by atoms with Crippen molar-refractivity contribution >= 4 is 17.5 Å². The molecule has 1 fully saturated rings. The molecule has 1 aliphatic rings. The van der Waals surface area contributed by atoms with Gasteiger partial charge in [0.25, 0.3) is 5.22 Å². The van der Waals surface area contributed by atoms with Gasteiger partial charge in [0, 0.05) is 12.0 Å². The van der Waals surface area contributed by atoms with E-state index in [-0.39, 0.29) is 5.25 Å². The van der Waals surface area contributed by atoms with Crippen molar-refractivity contribution in [3.8, 4) is 11.5 Å². The van der Waals surface area contributed by atoms with E-state index in [0.717, 1.165) is 24.8 Å². The van der Waals surface area contributed by atoms with Gasteiger partial charge >= 0.3 is 0 Å². The van der Waals surface area contributed by atoms with Crippen LogP contribution < -0.4 is 0 Å². The van der Waals surface area contributed by atoms with E-state index in [0.29, 0.717) is 23.3 Å². The maximum absolute atomic E-state index is 11.8. The van der Waals surface area contributed by atoms with E-state index >= 15 is 0 Å². The standard InChI is InChI=1S/C14H14N2O2S/c17-11-8-4-5-9-12(11)19-14-16-15-13(18-14)10-6-2-1-3-7-10/h1-3,6-7,12H,4-5,8-9H2. The summed E-state index contributed by atoms with van der Waals surface area (Å²) >= 11 is 1.40. The zero-order chi connectivity index (χ0) is 13.1. The SMILES string of the molecule is O=C1CCCCC1Sc1nnc(-c2ccccc2)o1. The monoisotopic (exact) mass is 274 g/mol. The first-order valence-corrected chi connectivity index (χ1v) is 7.29. The zero-order valence-electron chi connectivity index (χ0n) is 10.4. The molecular weight excluding hydrogens is 260 g/mol. The molecule has 0 aliphatic heterocycles. The Morgan fingerprint density at radius 3 is 2.79 bits per heavy atom. The van der Waals surface area contributed by atoms with Crippen molar-refractivity contribution in [1.29, 1.82) is 0 Å². The molecule has 0 amide bonds. The molecule has 98 valence electrons. The van der Waals surface area contributed by atoms with Gasteiger partial charge in [0.15, 0.2) is 0 Å². The molecule has 0 spiro atoms. The number of benzene rings is 1. The molecule has 1 unspecified atom stereocenters. The van der Waals surface area contributed by atoms with E-state index in [9.17, 15) is 4.79 Å². The highest BCUT2D eigenvalue weighted by atomic mass is 32.2. The fourth-order valence-corrected chi connectivity index (χ4v) is 3.14. The highest BCUT2D eigenvalue weighted by Gasteiger charge is 2.25. The summed E-state index contributed by atoms with van der Waals surface area (Å²) in [7, 11) is 0. The third kappa shape index (κ3) is 2.87. The van der Waals surface area contributed by atoms with Crippen molar-refractivity contribution < 1.29 is 9.21 Å². The first-order valence-electron chi connectivity index (χ1n) is 6.41. The number of carbonyl (C=O) groups excluding carboxylic acids is 1. The van der Waals surface area contributed by atoms with Crippen molar-refractivity contribution in [2.45, 2.75) is 36.2 Å². The topological polar surface area (TPSA) is 56.0 Å². The number of Topliss-reactive ketones (excluding diaryl/α,β-unsaturated/α-hetero) is 1. The second-order valence-corrected chi connectivity index (χ2v) is 5.71. The van der Waals surface area contributed by atoms with Gasteiger partial charge in [-0.05, 0) is 25.0 Å². The molecule has 1 aromatic heterocycles. The Balaban J connectivity index is 1.73. The number of aromatic nitrogens is 2. The molecule has 2 aromatic rings. The largest absolute Gasteiger partial charge is 0.411 e. The van der Waals surface area contributed by atoms with E-state index in [1.54, 1.807) is 0 Å². The van der Waals surface area contributed by atoms with Crippen molar-refractivity contribution in [1.82, 2.24) is 10.2 Å². The molecule has 1 atom stereocenters. The summed E-state index contributed by atoms with van der Waals surface area (Å²) in [5.74, 6) is 0.807. The first-order chi connectivity index (χ1) is 9.33. The fraction of sp³-hybridized carbons (Fsp3) is 0.357. The number of hydrogen-bond donors (Lipinski definition) is 0. The highest BCUT2D eigenvalue weighted by Crippen LogP contribution is 2.32. The number of hydrogen-bond acceptors (Lipinski definition) is 5. The van der Waals surface area contributed by atoms with E-state index < -0.39 is 0 Å². The minimum Gasteiger partial charge on any atom is -0.411 e. The maximum atomic E-state index is 11.8. The lowest BCUT2D eigenvalue weighted by Gasteiger charge is -2.17. The Labute approximate surface area is 115 Å². The fourth-order valence-electron chi connectivity index (χ4n) is 2.15. The van der Waals surface area contributed by atoms with Crippen molar-refractivity contribution in [3.63, 3.8) is 0 Å². The molecule has 1 heterocycles. The highest BCUT2D eigenvalue weighted by molar-refractivity contribution is 8.00. The third-order valence-corrected chi connectivity index (χ3v) is 4.32. The lowest BCUT2D eigenvalue weighted by atomic mass is 9.99. The molecule has 0 N–H and O–H groups in total. The van der Waals surface area contributed by atoms with E-state index in [2.05, 4.69) is 10.2 Å². The molecule has 1 aromatic carbocycles. The minimum atomic E-state index is -0.0159. The Bertz CT molecular complexity index is 568. The van der Waals surface area contributed by atoms with Gasteiger partial charge in [-0.25, -0.2) is 0 Å². The quantitative estimate of drug-likeness (QED) is 0.859. The van der Waals surface area contributed by atoms with Crippen LogP contribution in [0.5, 0.6) is 0 Å². The molecule has 3 rings (SSSR count). The molecular formula is C14H14N2O2S. The van der Waals surface area contributed by atoms with Gasteiger partial charge in [-0.2, -0.15) is 0 Å². The Morgan fingerprint density at radius 1 is 1.16 bits per heavy atom. The second kappa shape index (κ2) is 5.57. The summed E-state index contributed by atoms with van der Waals surface area (Å²) in [6.07, 6.45) is 3.70. The van der Waals surface area contributed by atoms with Gasteiger partial charge in [0.2, 0.25) is 5.89 Å². The van der Waals surface area contributed by atoms with Crippen LogP contribution in [-0.4, -0.2) is 21.2 Å². The molecule has 1 aliphatic carbocycles. The smallest absolute Gasteiger partial charge is 0.277 e. The number of thioether (sulfide) groups is 1. The lowest BCUT2D eigenvalue weighted by Crippen LogP contribution is -2.21. The maximum Gasteiger partial charge on any atom is 0.277 e. The van der Waals surface area contributed by atoms with Crippen LogP contribution in [0.2, 0.25) is 0 Å². The predicted molar refractivity (Wildman–Crippen MR) is 72.9 cm³/mol. The van der Waals surface area contributed by atoms with Crippen LogP contribution in [0.3, 0.4) is 0 Å². The van der Waals surface area contributed by atoms with Gasteiger partial charge in [-0.3, -0.25) is 4.79 Å². The van der Waals surface area contributed by atoms with Crippen molar-refractivity contribution in [2.75, 3.05) is 0 Å². The average molecular weight is 274 g/mol. The summed E-state index contributed by atoms with van der Waals surface area (Å²) in [5.41, 5.74) is 0.900. The molecule has 4 nitrogen and oxygen atoms in total. The molecule has 19 heavy (non-hydrogen) atoms. The van der Waals surface area contributed by atoms with Gasteiger partial charge in [0.1, 0.15) is 5.78 Å². The van der Waals surface area contributed by atoms with Crippen LogP contribution >= 0.6 is 11.8 Å². The summed E-state index contributed by atoms with van der Waals surface area (Å²) in [6, 6.07) is 9.64. The Morgan fingerprint density at radius 2 is 2.00 bits per heavy atom. The van der Waals surface area contributed by atoms with Gasteiger partial charge < -0.3 is 4.42 Å². The van der Waals surface area contributed by atoms with Gasteiger partial charge in [-0.15, -0.1) is 10.2 Å². The molecule has 0 radical (unpaired) electrons. The zero-order valence-corrected chi connectivity index (χ0v) is 11.2. The number of nitrogens with zero attached hydrogens (tertiary/aromatic N) is 2. The number of ketones is 1. The van der Waals surface area contributed by atoms with Gasteiger partial charge in [0.05, 0.1) is 5.25 Å². The van der Waals surface area contributed by atoms with Crippen LogP contribution in [0.15, 0.2) is 40.0 Å². The predicted octanol–water partition coefficient (Wildman–Crippen LogP) is 3.34. The molecule has 5 heteroatoms. The minimum absolute atomic E-state index is 0.0159. The van der Waals surface area contributed by atoms with Crippen LogP contribution in [0.25, 0.3) is 11.5 Å². The first kappa shape index (κ1) is 12.4. The Hall–Kier alpha value is -1.62. The summed E-state index contributed by atoms with van der Waals surface area (Å²) in [5, 5.41) is 8.51. The summed E-state index contributed by atoms with van der Waals surface area (Å²) < 4.78 is 5.61. The van der Waals surface area contributed by atoms with E-state index in [4.69, 9.17) is 4.42 Å². The summed E-state index contributed by atoms with van der Waals surface area (Å²) in [6.45, 7) is 0. The molecule has 0 bridgehead atoms. The van der Waals surface area contributed by atoms with Crippen LogP contribution in [-0.2, 0) is 4.79 Å². The lowest BCUT2D eigenvalue weighted by molar-refractivity contribution is -0.119. The normalized spacial score (nSPS) is 19.6. The summed E-state index contributed by atoms with van der Waals surface area (Å²) in [4.78, 5) is 11.8. The third-order valence-electron chi connectivity index (χ3n) is 3.17. The van der Waals surface area contributed by atoms with Gasteiger partial charge in [-0.1, -0.05) is 36.4 Å². The Kier molecular flexibility index (Phi) is 3.64. The number of rotatable bonds is 3. The van der Waals surface area contributed by atoms with Crippen LogP contribution in [0, 0.1) is 0 Å².